The van der Waals surface area contributed by atoms with Gasteiger partial charge in [0.2, 0.25) is 0 Å². The Morgan fingerprint density at radius 1 is 1.06 bits per heavy atom. The minimum atomic E-state index is 0.243. The molecule has 0 spiro atoms. The molecule has 0 saturated heterocycles. The predicted molar refractivity (Wildman–Crippen MR) is 76.5 cm³/mol. The number of nitrogens with two attached hydrogens (primary N) is 1. The van der Waals surface area contributed by atoms with Crippen LogP contribution in [0.5, 0.6) is 0 Å². The molecule has 0 saturated carbocycles. The first-order valence-electron chi connectivity index (χ1n) is 6.79. The SMILES string of the molecule is CCCC(CCN)c1ccc(C(C)(C)C)cc1. The lowest BCUT2D eigenvalue weighted by atomic mass is 9.84. The van der Waals surface area contributed by atoms with E-state index in [9.17, 15) is 0 Å². The fraction of sp³-hybridized carbons (Fsp3) is 0.625. The van der Waals surface area contributed by atoms with Crippen LogP contribution < -0.4 is 5.73 Å². The Kier molecular flexibility index (Phi) is 5.20. The van der Waals surface area contributed by atoms with E-state index in [-0.39, 0.29) is 5.41 Å². The summed E-state index contributed by atoms with van der Waals surface area (Å²) in [7, 11) is 0. The van der Waals surface area contributed by atoms with Crippen LogP contribution >= 0.6 is 0 Å². The van der Waals surface area contributed by atoms with E-state index in [1.165, 1.54) is 24.0 Å². The third kappa shape index (κ3) is 4.16. The van der Waals surface area contributed by atoms with Crippen molar-refractivity contribution in [3.05, 3.63) is 35.4 Å². The number of hydrogen-bond acceptors (Lipinski definition) is 1. The molecule has 0 aromatic heterocycles. The van der Waals surface area contributed by atoms with Crippen molar-refractivity contribution < 1.29 is 0 Å². The molecule has 1 aromatic carbocycles. The Balaban J connectivity index is 2.84. The molecule has 0 amide bonds. The van der Waals surface area contributed by atoms with Crippen molar-refractivity contribution in [2.75, 3.05) is 6.54 Å². The van der Waals surface area contributed by atoms with Gasteiger partial charge in [0, 0.05) is 0 Å². The largest absolute Gasteiger partial charge is 0.330 e. The summed E-state index contributed by atoms with van der Waals surface area (Å²) in [6.07, 6.45) is 3.57. The molecule has 0 heterocycles. The van der Waals surface area contributed by atoms with E-state index in [1.807, 2.05) is 0 Å². The average molecular weight is 233 g/mol. The summed E-state index contributed by atoms with van der Waals surface area (Å²) < 4.78 is 0. The van der Waals surface area contributed by atoms with Crippen molar-refractivity contribution in [1.29, 1.82) is 0 Å². The maximum atomic E-state index is 5.70. The molecule has 1 atom stereocenters. The van der Waals surface area contributed by atoms with Crippen LogP contribution in [0.3, 0.4) is 0 Å². The molecule has 0 aliphatic carbocycles. The lowest BCUT2D eigenvalue weighted by molar-refractivity contribution is 0.570. The van der Waals surface area contributed by atoms with Gasteiger partial charge in [0.25, 0.3) is 0 Å². The van der Waals surface area contributed by atoms with Crippen molar-refractivity contribution in [2.45, 2.75) is 58.3 Å². The van der Waals surface area contributed by atoms with Crippen LogP contribution in [0.15, 0.2) is 24.3 Å². The normalized spacial score (nSPS) is 13.7. The second-order valence-corrected chi connectivity index (χ2v) is 5.93. The molecule has 96 valence electrons. The third-order valence-electron chi connectivity index (χ3n) is 3.40. The first-order valence-corrected chi connectivity index (χ1v) is 6.79. The van der Waals surface area contributed by atoms with Gasteiger partial charge in [0.1, 0.15) is 0 Å². The van der Waals surface area contributed by atoms with Crippen molar-refractivity contribution in [2.24, 2.45) is 5.73 Å². The maximum Gasteiger partial charge on any atom is -0.00714 e. The Morgan fingerprint density at radius 2 is 1.65 bits per heavy atom. The fourth-order valence-electron chi connectivity index (χ4n) is 2.28. The smallest absolute Gasteiger partial charge is 0.00714 e. The first kappa shape index (κ1) is 14.2. The minimum absolute atomic E-state index is 0.243. The highest BCUT2D eigenvalue weighted by Crippen LogP contribution is 2.28. The second-order valence-electron chi connectivity index (χ2n) is 5.93. The van der Waals surface area contributed by atoms with Gasteiger partial charge in [-0.3, -0.25) is 0 Å². The van der Waals surface area contributed by atoms with Crippen LogP contribution in [-0.4, -0.2) is 6.54 Å². The lowest BCUT2D eigenvalue weighted by Crippen LogP contribution is -2.12. The van der Waals surface area contributed by atoms with Crippen LogP contribution in [0.2, 0.25) is 0 Å². The zero-order valence-corrected chi connectivity index (χ0v) is 11.8. The van der Waals surface area contributed by atoms with Crippen molar-refractivity contribution in [3.63, 3.8) is 0 Å². The van der Waals surface area contributed by atoms with Crippen molar-refractivity contribution in [1.82, 2.24) is 0 Å². The predicted octanol–water partition coefficient (Wildman–Crippen LogP) is 4.22. The third-order valence-corrected chi connectivity index (χ3v) is 3.40. The topological polar surface area (TPSA) is 26.0 Å². The number of rotatable bonds is 5. The summed E-state index contributed by atoms with van der Waals surface area (Å²) in [6, 6.07) is 9.12. The molecule has 1 nitrogen and oxygen atoms in total. The highest BCUT2D eigenvalue weighted by Gasteiger charge is 2.15. The molecule has 0 fully saturated rings. The zero-order valence-electron chi connectivity index (χ0n) is 11.8. The standard InChI is InChI=1S/C16H27N/c1-5-6-13(11-12-17)14-7-9-15(10-8-14)16(2,3)4/h7-10,13H,5-6,11-12,17H2,1-4H3. The molecule has 1 heteroatoms. The fourth-order valence-corrected chi connectivity index (χ4v) is 2.28. The first-order chi connectivity index (χ1) is 7.99. The van der Waals surface area contributed by atoms with Crippen molar-refractivity contribution >= 4 is 0 Å². The average Bonchev–Trinajstić information content (AvgIpc) is 2.28. The molecule has 2 N–H and O–H groups in total. The number of hydrogen-bond donors (Lipinski definition) is 1. The summed E-state index contributed by atoms with van der Waals surface area (Å²) in [5.41, 5.74) is 8.79. The van der Waals surface area contributed by atoms with Gasteiger partial charge in [-0.25, -0.2) is 0 Å². The Bertz CT molecular complexity index is 312. The monoisotopic (exact) mass is 233 g/mol. The van der Waals surface area contributed by atoms with E-state index in [0.717, 1.165) is 13.0 Å². The molecular formula is C16H27N. The number of benzene rings is 1. The molecule has 0 radical (unpaired) electrons. The highest BCUT2D eigenvalue weighted by atomic mass is 14.5. The van der Waals surface area contributed by atoms with Gasteiger partial charge in [-0.2, -0.15) is 0 Å². The van der Waals surface area contributed by atoms with Crippen LogP contribution in [0.4, 0.5) is 0 Å². The maximum absolute atomic E-state index is 5.70. The molecule has 0 aliphatic heterocycles. The van der Waals surface area contributed by atoms with Gasteiger partial charge in [0.15, 0.2) is 0 Å². The van der Waals surface area contributed by atoms with E-state index in [4.69, 9.17) is 5.73 Å². The molecule has 17 heavy (non-hydrogen) atoms. The molecule has 0 aliphatic rings. The summed E-state index contributed by atoms with van der Waals surface area (Å²) in [5, 5.41) is 0. The zero-order chi connectivity index (χ0) is 12.9. The molecule has 0 bridgehead atoms. The van der Waals surface area contributed by atoms with Gasteiger partial charge in [-0.15, -0.1) is 0 Å². The molecule has 1 rings (SSSR count). The second kappa shape index (κ2) is 6.20. The van der Waals surface area contributed by atoms with Crippen LogP contribution in [0.1, 0.15) is 64.0 Å². The highest BCUT2D eigenvalue weighted by molar-refractivity contribution is 5.29. The van der Waals surface area contributed by atoms with Gasteiger partial charge >= 0.3 is 0 Å². The minimum Gasteiger partial charge on any atom is -0.330 e. The molecule has 1 unspecified atom stereocenters. The van der Waals surface area contributed by atoms with Crippen LogP contribution in [-0.2, 0) is 5.41 Å². The van der Waals surface area contributed by atoms with Crippen molar-refractivity contribution in [3.8, 4) is 0 Å². The van der Waals surface area contributed by atoms with E-state index < -0.39 is 0 Å². The van der Waals surface area contributed by atoms with E-state index in [2.05, 4.69) is 52.0 Å². The van der Waals surface area contributed by atoms with Crippen LogP contribution in [0, 0.1) is 0 Å². The molecule has 1 aromatic rings. The van der Waals surface area contributed by atoms with E-state index in [1.54, 1.807) is 0 Å². The summed E-state index contributed by atoms with van der Waals surface area (Å²) >= 11 is 0. The van der Waals surface area contributed by atoms with E-state index in [0.29, 0.717) is 5.92 Å². The summed E-state index contributed by atoms with van der Waals surface area (Å²) in [4.78, 5) is 0. The Hall–Kier alpha value is -0.820. The van der Waals surface area contributed by atoms with Gasteiger partial charge in [-0.05, 0) is 41.8 Å². The van der Waals surface area contributed by atoms with Crippen LogP contribution in [0.25, 0.3) is 0 Å². The quantitative estimate of drug-likeness (QED) is 0.809. The Labute approximate surface area is 106 Å². The van der Waals surface area contributed by atoms with Gasteiger partial charge in [-0.1, -0.05) is 58.4 Å². The Morgan fingerprint density at radius 3 is 2.06 bits per heavy atom. The summed E-state index contributed by atoms with van der Waals surface area (Å²) in [5.74, 6) is 0.638. The van der Waals surface area contributed by atoms with Gasteiger partial charge in [0.05, 0.1) is 0 Å². The summed E-state index contributed by atoms with van der Waals surface area (Å²) in [6.45, 7) is 9.79. The molecular weight excluding hydrogens is 206 g/mol. The van der Waals surface area contributed by atoms with E-state index >= 15 is 0 Å². The van der Waals surface area contributed by atoms with Gasteiger partial charge < -0.3 is 5.73 Å². The lowest BCUT2D eigenvalue weighted by Gasteiger charge is -2.21.